The second-order valence-corrected chi connectivity index (χ2v) is 9.73. The number of pyridine rings is 2. The average Bonchev–Trinajstić information content (AvgIpc) is 2.83. The van der Waals surface area contributed by atoms with Crippen LogP contribution in [0.5, 0.6) is 0 Å². The second-order valence-electron chi connectivity index (χ2n) is 7.75. The molecule has 0 aliphatic rings. The minimum Gasteiger partial charge on any atom is -0.346 e. The van der Waals surface area contributed by atoms with E-state index in [2.05, 4.69) is 10.3 Å². The maximum atomic E-state index is 12.6. The summed E-state index contributed by atoms with van der Waals surface area (Å²) in [5.74, 6) is -0.365. The maximum absolute atomic E-state index is 12.6. The fraction of sp³-hybridized carbons (Fsp3) is 0.115. The Morgan fingerprint density at radius 2 is 1.61 bits per heavy atom. The topological polar surface area (TPSA) is 89.0 Å². The monoisotopic (exact) mass is 457 g/mol. The molecule has 0 unspecified atom stereocenters. The molecule has 7 heteroatoms. The number of carbonyl (C=O) groups is 1. The Labute approximate surface area is 193 Å². The first-order chi connectivity index (χ1) is 15.8. The largest absolute Gasteiger partial charge is 0.346 e. The van der Waals surface area contributed by atoms with E-state index in [1.165, 1.54) is 6.07 Å². The molecule has 0 spiro atoms. The fourth-order valence-corrected chi connectivity index (χ4v) is 4.51. The normalized spacial score (nSPS) is 11.2. The van der Waals surface area contributed by atoms with Crippen molar-refractivity contribution in [2.24, 2.45) is 0 Å². The molecule has 4 rings (SSSR count). The zero-order valence-corrected chi connectivity index (χ0v) is 19.1. The van der Waals surface area contributed by atoms with Crippen LogP contribution in [-0.4, -0.2) is 30.5 Å². The number of amides is 1. The van der Waals surface area contributed by atoms with E-state index in [1.54, 1.807) is 25.3 Å². The van der Waals surface area contributed by atoms with Crippen LogP contribution in [0.25, 0.3) is 22.5 Å². The van der Waals surface area contributed by atoms with Gasteiger partial charge >= 0.3 is 0 Å². The van der Waals surface area contributed by atoms with Crippen molar-refractivity contribution in [3.63, 3.8) is 0 Å². The molecule has 0 aliphatic carbocycles. The molecule has 0 saturated carbocycles. The average molecular weight is 458 g/mol. The third-order valence-corrected chi connectivity index (χ3v) is 6.45. The Balaban J connectivity index is 1.51. The highest BCUT2D eigenvalue weighted by Gasteiger charge is 2.15. The highest BCUT2D eigenvalue weighted by Crippen LogP contribution is 2.23. The van der Waals surface area contributed by atoms with E-state index in [4.69, 9.17) is 4.98 Å². The van der Waals surface area contributed by atoms with Gasteiger partial charge in [0.2, 0.25) is 0 Å². The van der Waals surface area contributed by atoms with Gasteiger partial charge in [0.1, 0.15) is 0 Å². The number of benzene rings is 2. The summed E-state index contributed by atoms with van der Waals surface area (Å²) in [7, 11) is -3.42. The van der Waals surface area contributed by atoms with Crippen LogP contribution in [-0.2, 0) is 16.4 Å². The lowest BCUT2D eigenvalue weighted by Crippen LogP contribution is -2.23. The van der Waals surface area contributed by atoms with E-state index in [1.807, 2.05) is 60.7 Å². The van der Waals surface area contributed by atoms with Crippen molar-refractivity contribution in [3.05, 3.63) is 102 Å². The molecule has 2 aromatic heterocycles. The van der Waals surface area contributed by atoms with Gasteiger partial charge in [-0.25, -0.2) is 13.4 Å². The van der Waals surface area contributed by atoms with Crippen molar-refractivity contribution >= 4 is 15.7 Å². The molecule has 1 amide bonds. The Morgan fingerprint density at radius 1 is 0.879 bits per heavy atom. The molecular formula is C26H23N3O3S. The summed E-state index contributed by atoms with van der Waals surface area (Å²) in [5, 5.41) is 2.81. The molecule has 166 valence electrons. The predicted octanol–water partition coefficient (Wildman–Crippen LogP) is 4.45. The molecule has 2 aromatic carbocycles. The van der Waals surface area contributed by atoms with Gasteiger partial charge < -0.3 is 5.32 Å². The Bertz CT molecular complexity index is 1420. The number of hydrogen-bond acceptors (Lipinski definition) is 5. The first-order valence-corrected chi connectivity index (χ1v) is 12.3. The van der Waals surface area contributed by atoms with Crippen LogP contribution in [0.3, 0.4) is 0 Å². The lowest BCUT2D eigenvalue weighted by atomic mass is 10.1. The molecule has 0 saturated heterocycles. The number of aromatic nitrogens is 2. The molecule has 1 N–H and O–H groups in total. The van der Waals surface area contributed by atoms with Gasteiger partial charge in [-0.3, -0.25) is 9.78 Å². The molecule has 0 atom stereocenters. The third kappa shape index (κ3) is 5.32. The van der Waals surface area contributed by atoms with Crippen molar-refractivity contribution < 1.29 is 13.2 Å². The molecule has 33 heavy (non-hydrogen) atoms. The van der Waals surface area contributed by atoms with Gasteiger partial charge in [0.25, 0.3) is 5.91 Å². The molecule has 2 heterocycles. The number of nitrogens with one attached hydrogen (secondary N) is 1. The molecule has 6 nitrogen and oxygen atoms in total. The molecule has 4 aromatic rings. The molecule has 0 aliphatic heterocycles. The summed E-state index contributed by atoms with van der Waals surface area (Å²) in [6.07, 6.45) is 2.81. The van der Waals surface area contributed by atoms with Crippen LogP contribution < -0.4 is 5.32 Å². The van der Waals surface area contributed by atoms with E-state index in [-0.39, 0.29) is 22.9 Å². The number of sulfone groups is 1. The molecule has 0 fully saturated rings. The Kier molecular flexibility index (Phi) is 6.33. The molecular weight excluding hydrogens is 434 g/mol. The van der Waals surface area contributed by atoms with Crippen molar-refractivity contribution in [2.75, 3.05) is 6.26 Å². The van der Waals surface area contributed by atoms with Gasteiger partial charge in [0.05, 0.1) is 28.5 Å². The Morgan fingerprint density at radius 3 is 2.33 bits per heavy atom. The lowest BCUT2D eigenvalue weighted by Gasteiger charge is -2.09. The van der Waals surface area contributed by atoms with E-state index in [0.717, 1.165) is 28.8 Å². The summed E-state index contributed by atoms with van der Waals surface area (Å²) in [4.78, 5) is 21.9. The van der Waals surface area contributed by atoms with Gasteiger partial charge in [-0.2, -0.15) is 0 Å². The quantitative estimate of drug-likeness (QED) is 0.462. The maximum Gasteiger partial charge on any atom is 0.251 e. The Hall–Kier alpha value is -3.84. The SMILES string of the molecule is Cc1ccc(C(=O)NCc2cc(-c3cccc(-c4ccccc4)n3)ccn2)cc1S(C)(=O)=O. The van der Waals surface area contributed by atoms with E-state index in [0.29, 0.717) is 11.3 Å². The van der Waals surface area contributed by atoms with Gasteiger partial charge in [-0.15, -0.1) is 0 Å². The van der Waals surface area contributed by atoms with Gasteiger partial charge in [-0.05, 0) is 48.9 Å². The van der Waals surface area contributed by atoms with Crippen molar-refractivity contribution in [3.8, 4) is 22.5 Å². The lowest BCUT2D eigenvalue weighted by molar-refractivity contribution is 0.0950. The fourth-order valence-electron chi connectivity index (χ4n) is 3.51. The van der Waals surface area contributed by atoms with Crippen LogP contribution >= 0.6 is 0 Å². The molecule has 0 bridgehead atoms. The van der Waals surface area contributed by atoms with Crippen LogP contribution in [0.1, 0.15) is 21.6 Å². The van der Waals surface area contributed by atoms with Crippen molar-refractivity contribution in [1.29, 1.82) is 0 Å². The van der Waals surface area contributed by atoms with E-state index >= 15 is 0 Å². The van der Waals surface area contributed by atoms with Crippen LogP contribution in [0.15, 0.2) is 90.0 Å². The predicted molar refractivity (Wildman–Crippen MR) is 128 cm³/mol. The highest BCUT2D eigenvalue weighted by molar-refractivity contribution is 7.90. The summed E-state index contributed by atoms with van der Waals surface area (Å²) >= 11 is 0. The van der Waals surface area contributed by atoms with Gasteiger partial charge in [0.15, 0.2) is 9.84 Å². The standard InChI is InChI=1S/C26H23N3O3S/c1-18-11-12-21(16-25(18)33(2,31)32)26(30)28-17-22-15-20(13-14-27-22)24-10-6-9-23(29-24)19-7-4-3-5-8-19/h3-16H,17H2,1-2H3,(H,28,30). The number of rotatable bonds is 6. The van der Waals surface area contributed by atoms with Gasteiger partial charge in [-0.1, -0.05) is 42.5 Å². The highest BCUT2D eigenvalue weighted by atomic mass is 32.2. The summed E-state index contributed by atoms with van der Waals surface area (Å²) in [6.45, 7) is 1.90. The number of aryl methyl sites for hydroxylation is 1. The van der Waals surface area contributed by atoms with Crippen LogP contribution in [0, 0.1) is 6.92 Å². The minimum atomic E-state index is -3.42. The third-order valence-electron chi connectivity index (χ3n) is 5.21. The zero-order valence-electron chi connectivity index (χ0n) is 18.3. The van der Waals surface area contributed by atoms with Crippen molar-refractivity contribution in [2.45, 2.75) is 18.4 Å². The zero-order chi connectivity index (χ0) is 23.4. The molecule has 0 radical (unpaired) electrons. The first-order valence-electron chi connectivity index (χ1n) is 10.4. The second kappa shape index (κ2) is 9.34. The van der Waals surface area contributed by atoms with Crippen molar-refractivity contribution in [1.82, 2.24) is 15.3 Å². The minimum absolute atomic E-state index is 0.152. The summed E-state index contributed by atoms with van der Waals surface area (Å²) < 4.78 is 23.9. The number of hydrogen-bond donors (Lipinski definition) is 1. The van der Waals surface area contributed by atoms with Crippen LogP contribution in [0.4, 0.5) is 0 Å². The smallest absolute Gasteiger partial charge is 0.251 e. The number of nitrogens with zero attached hydrogens (tertiary/aromatic N) is 2. The summed E-state index contributed by atoms with van der Waals surface area (Å²) in [6, 6.07) is 24.2. The van der Waals surface area contributed by atoms with Gasteiger partial charge in [0, 0.05) is 29.1 Å². The number of carbonyl (C=O) groups excluding carboxylic acids is 1. The summed E-state index contributed by atoms with van der Waals surface area (Å²) in [5.41, 5.74) is 5.17. The van der Waals surface area contributed by atoms with Crippen LogP contribution in [0.2, 0.25) is 0 Å². The first kappa shape index (κ1) is 22.4. The van der Waals surface area contributed by atoms with E-state index in [9.17, 15) is 13.2 Å². The van der Waals surface area contributed by atoms with E-state index < -0.39 is 9.84 Å².